The largest absolute Gasteiger partial charge is 0.511 e. The van der Waals surface area contributed by atoms with E-state index in [1.165, 1.54) is 0 Å². The maximum atomic E-state index is 12.2. The van der Waals surface area contributed by atoms with Gasteiger partial charge in [-0.2, -0.15) is 0 Å². The number of methoxy groups -OCH3 is 1. The Labute approximate surface area is 138 Å². The minimum absolute atomic E-state index is 0.0229. The van der Waals surface area contributed by atoms with Gasteiger partial charge < -0.3 is 15.2 Å². The molecule has 0 spiro atoms. The lowest BCUT2D eigenvalue weighted by molar-refractivity contribution is -0.119. The average Bonchev–Trinajstić information content (AvgIpc) is 2.59. The molecule has 1 aromatic carbocycles. The average molecular weight is 324 g/mol. The number of hydrogen-bond donors (Lipinski definition) is 2. The molecular formula is C18H16N2O4. The summed E-state index contributed by atoms with van der Waals surface area (Å²) in [5.74, 6) is -0.880. The van der Waals surface area contributed by atoms with Crippen LogP contribution in [0.1, 0.15) is 6.42 Å². The van der Waals surface area contributed by atoms with Crippen molar-refractivity contribution in [3.05, 3.63) is 59.9 Å². The highest BCUT2D eigenvalue weighted by molar-refractivity contribution is 6.15. The highest BCUT2D eigenvalue weighted by Crippen LogP contribution is 2.27. The first-order valence-electron chi connectivity index (χ1n) is 7.42. The van der Waals surface area contributed by atoms with Crippen LogP contribution in [0.15, 0.2) is 64.9 Å². The molecule has 0 saturated heterocycles. The van der Waals surface area contributed by atoms with Crippen molar-refractivity contribution in [1.82, 2.24) is 0 Å². The van der Waals surface area contributed by atoms with Crippen molar-refractivity contribution in [2.75, 3.05) is 12.4 Å². The van der Waals surface area contributed by atoms with E-state index in [4.69, 9.17) is 4.74 Å². The maximum Gasteiger partial charge on any atom is 0.277 e. The number of carbonyl (C=O) groups excluding carboxylic acids is 2. The van der Waals surface area contributed by atoms with Gasteiger partial charge in [0.25, 0.3) is 5.91 Å². The molecule has 6 heteroatoms. The maximum absolute atomic E-state index is 12.2. The summed E-state index contributed by atoms with van der Waals surface area (Å²) in [5.41, 5.74) is 1.09. The fourth-order valence-electron chi connectivity index (χ4n) is 2.56. The Kier molecular flexibility index (Phi) is 4.29. The Morgan fingerprint density at radius 1 is 1.29 bits per heavy atom. The van der Waals surface area contributed by atoms with Crippen LogP contribution in [0.2, 0.25) is 0 Å². The minimum atomic E-state index is -0.580. The Hall–Kier alpha value is -3.15. The molecule has 122 valence electrons. The van der Waals surface area contributed by atoms with Crippen molar-refractivity contribution in [2.24, 2.45) is 10.9 Å². The molecule has 1 atom stereocenters. The zero-order valence-electron chi connectivity index (χ0n) is 13.0. The fraction of sp³-hybridized carbons (Fsp3) is 0.167. The summed E-state index contributed by atoms with van der Waals surface area (Å²) < 4.78 is 5.05. The molecule has 1 unspecified atom stereocenters. The van der Waals surface area contributed by atoms with Crippen LogP contribution in [0.3, 0.4) is 0 Å². The van der Waals surface area contributed by atoms with E-state index in [9.17, 15) is 14.7 Å². The van der Waals surface area contributed by atoms with Gasteiger partial charge in [0.1, 0.15) is 11.5 Å². The van der Waals surface area contributed by atoms with Crippen molar-refractivity contribution in [2.45, 2.75) is 6.42 Å². The molecule has 0 radical (unpaired) electrons. The van der Waals surface area contributed by atoms with Crippen molar-refractivity contribution in [3.63, 3.8) is 0 Å². The second-order valence-corrected chi connectivity index (χ2v) is 5.38. The summed E-state index contributed by atoms with van der Waals surface area (Å²) in [5, 5.41) is 13.0. The van der Waals surface area contributed by atoms with Gasteiger partial charge in [0.2, 0.25) is 5.91 Å². The molecule has 24 heavy (non-hydrogen) atoms. The summed E-state index contributed by atoms with van der Waals surface area (Å²) in [6.07, 6.45) is 6.69. The van der Waals surface area contributed by atoms with Gasteiger partial charge in [-0.1, -0.05) is 18.2 Å². The molecular weight excluding hydrogens is 308 g/mol. The zero-order chi connectivity index (χ0) is 17.1. The number of amides is 2. The Morgan fingerprint density at radius 3 is 2.75 bits per heavy atom. The number of hydrogen-bond acceptors (Lipinski definition) is 4. The number of fused-ring (bicyclic) bond motifs is 1. The molecule has 2 amide bonds. The molecule has 1 aromatic rings. The third-order valence-corrected chi connectivity index (χ3v) is 3.80. The second kappa shape index (κ2) is 6.54. The minimum Gasteiger partial charge on any atom is -0.511 e. The molecule has 6 nitrogen and oxygen atoms in total. The summed E-state index contributed by atoms with van der Waals surface area (Å²) >= 11 is 0. The van der Waals surface area contributed by atoms with E-state index in [1.54, 1.807) is 55.7 Å². The van der Waals surface area contributed by atoms with Gasteiger partial charge in [-0.3, -0.25) is 9.59 Å². The van der Waals surface area contributed by atoms with E-state index in [0.717, 1.165) is 0 Å². The van der Waals surface area contributed by atoms with E-state index >= 15 is 0 Å². The standard InChI is InChI=1S/C18H16N2O4/c1-24-12-8-6-11(7-9-12)19-16(21)10-14-17(22)13-4-2-3-5-15(13)20-18(14)23/h2-9,13,22H,10H2,1H3,(H,19,21). The highest BCUT2D eigenvalue weighted by atomic mass is 16.5. The molecule has 1 aliphatic heterocycles. The van der Waals surface area contributed by atoms with Crippen LogP contribution in [-0.4, -0.2) is 29.7 Å². The normalized spacial score (nSPS) is 19.0. The van der Waals surface area contributed by atoms with E-state index in [-0.39, 0.29) is 17.8 Å². The molecule has 0 bridgehead atoms. The molecule has 0 fully saturated rings. The van der Waals surface area contributed by atoms with Crippen molar-refractivity contribution in [1.29, 1.82) is 0 Å². The van der Waals surface area contributed by atoms with E-state index in [2.05, 4.69) is 10.3 Å². The van der Waals surface area contributed by atoms with Crippen LogP contribution in [0, 0.1) is 5.92 Å². The summed E-state index contributed by atoms with van der Waals surface area (Å²) in [7, 11) is 1.56. The van der Waals surface area contributed by atoms with Crippen LogP contribution >= 0.6 is 0 Å². The number of nitrogens with one attached hydrogen (secondary N) is 1. The van der Waals surface area contributed by atoms with Gasteiger partial charge in [-0.25, -0.2) is 4.99 Å². The monoisotopic (exact) mass is 324 g/mol. The van der Waals surface area contributed by atoms with Gasteiger partial charge in [0, 0.05) is 5.69 Å². The van der Waals surface area contributed by atoms with Crippen molar-refractivity contribution in [3.8, 4) is 5.75 Å². The predicted octanol–water partition coefficient (Wildman–Crippen LogP) is 2.56. The number of benzene rings is 1. The van der Waals surface area contributed by atoms with Crippen LogP contribution in [0.5, 0.6) is 5.75 Å². The molecule has 0 aromatic heterocycles. The number of nitrogens with zero attached hydrogens (tertiary/aromatic N) is 1. The summed E-state index contributed by atoms with van der Waals surface area (Å²) in [6, 6.07) is 6.82. The van der Waals surface area contributed by atoms with Crippen LogP contribution in [0.4, 0.5) is 5.69 Å². The first kappa shape index (κ1) is 15.7. The molecule has 3 rings (SSSR count). The number of ether oxygens (including phenoxy) is 1. The van der Waals surface area contributed by atoms with Gasteiger partial charge in [-0.05, 0) is 30.3 Å². The number of aliphatic imine (C=N–C) groups is 1. The number of rotatable bonds is 4. The number of anilines is 1. The lowest BCUT2D eigenvalue weighted by Gasteiger charge is -2.21. The quantitative estimate of drug-likeness (QED) is 0.891. The number of dihydropyridines is 1. The third-order valence-electron chi connectivity index (χ3n) is 3.80. The first-order valence-corrected chi connectivity index (χ1v) is 7.42. The van der Waals surface area contributed by atoms with Crippen LogP contribution in [-0.2, 0) is 9.59 Å². The highest BCUT2D eigenvalue weighted by Gasteiger charge is 2.30. The van der Waals surface area contributed by atoms with E-state index in [1.807, 2.05) is 0 Å². The summed E-state index contributed by atoms with van der Waals surface area (Å²) in [6.45, 7) is 0. The summed E-state index contributed by atoms with van der Waals surface area (Å²) in [4.78, 5) is 28.2. The van der Waals surface area contributed by atoms with Crippen molar-refractivity contribution < 1.29 is 19.4 Å². The lowest BCUT2D eigenvalue weighted by Crippen LogP contribution is -2.26. The SMILES string of the molecule is COc1ccc(NC(=O)CC2=C(O)C3C=CC=CC3=NC2=O)cc1. The molecule has 2 aliphatic rings. The Morgan fingerprint density at radius 2 is 2.04 bits per heavy atom. The lowest BCUT2D eigenvalue weighted by atomic mass is 9.89. The number of carbonyl (C=O) groups is 2. The zero-order valence-corrected chi connectivity index (χ0v) is 13.0. The van der Waals surface area contributed by atoms with Crippen LogP contribution in [0.25, 0.3) is 0 Å². The molecule has 1 heterocycles. The van der Waals surface area contributed by atoms with Crippen LogP contribution < -0.4 is 10.1 Å². The van der Waals surface area contributed by atoms with E-state index in [0.29, 0.717) is 17.1 Å². The number of aliphatic hydroxyl groups excluding tert-OH is 1. The molecule has 2 N–H and O–H groups in total. The molecule has 0 saturated carbocycles. The topological polar surface area (TPSA) is 88.0 Å². The fourth-order valence-corrected chi connectivity index (χ4v) is 2.56. The van der Waals surface area contributed by atoms with E-state index < -0.39 is 17.7 Å². The first-order chi connectivity index (χ1) is 11.6. The van der Waals surface area contributed by atoms with Gasteiger partial charge in [0.05, 0.1) is 30.7 Å². The predicted molar refractivity (Wildman–Crippen MR) is 90.1 cm³/mol. The van der Waals surface area contributed by atoms with Gasteiger partial charge in [0.15, 0.2) is 0 Å². The van der Waals surface area contributed by atoms with Gasteiger partial charge >= 0.3 is 0 Å². The number of aliphatic hydroxyl groups is 1. The third kappa shape index (κ3) is 3.12. The Balaban J connectivity index is 1.72. The smallest absolute Gasteiger partial charge is 0.277 e. The second-order valence-electron chi connectivity index (χ2n) is 5.38. The molecule has 1 aliphatic carbocycles. The number of allylic oxidation sites excluding steroid dienone is 4. The van der Waals surface area contributed by atoms with Gasteiger partial charge in [-0.15, -0.1) is 0 Å². The van der Waals surface area contributed by atoms with Crippen molar-refractivity contribution >= 4 is 23.2 Å². The Bertz CT molecular complexity index is 801.